The molecule has 0 saturated heterocycles. The second-order valence-electron chi connectivity index (χ2n) is 7.89. The van der Waals surface area contributed by atoms with Gasteiger partial charge in [-0.05, 0) is 43.2 Å². The first-order chi connectivity index (χ1) is 16.5. The van der Waals surface area contributed by atoms with Crippen LogP contribution < -0.4 is 9.54 Å². The highest BCUT2D eigenvalue weighted by molar-refractivity contribution is 7.16. The van der Waals surface area contributed by atoms with Crippen molar-refractivity contribution in [1.29, 1.82) is 0 Å². The summed E-state index contributed by atoms with van der Waals surface area (Å²) in [6.45, 7) is 4.29. The lowest BCUT2D eigenvalue weighted by Crippen LogP contribution is -2.28. The van der Waals surface area contributed by atoms with Gasteiger partial charge >= 0.3 is 5.97 Å². The minimum absolute atomic E-state index is 0.361. The molecule has 4 aromatic rings. The minimum atomic E-state index is -0.618. The Morgan fingerprint density at radius 3 is 2.44 bits per heavy atom. The number of esters is 1. The number of hydrogen-bond acceptors (Lipinski definition) is 5. The highest BCUT2D eigenvalue weighted by Gasteiger charge is 2.24. The summed E-state index contributed by atoms with van der Waals surface area (Å²) in [6.07, 6.45) is 0.486. The van der Waals surface area contributed by atoms with Gasteiger partial charge in [-0.15, -0.1) is 0 Å². The predicted octanol–water partition coefficient (Wildman–Crippen LogP) is 5.46. The van der Waals surface area contributed by atoms with Crippen LogP contribution in [0.5, 0.6) is 5.75 Å². The van der Waals surface area contributed by atoms with E-state index in [1.807, 2.05) is 74.5 Å². The number of benzene rings is 3. The molecule has 1 aromatic heterocycles. The zero-order valence-corrected chi connectivity index (χ0v) is 20.2. The number of carbonyl (C=O) groups is 2. The van der Waals surface area contributed by atoms with E-state index in [1.165, 1.54) is 18.4 Å². The number of aryl methyl sites for hydroxylation is 1. The largest absolute Gasteiger partial charge is 0.489 e. The van der Waals surface area contributed by atoms with Crippen LogP contribution in [0.25, 0.3) is 10.2 Å². The van der Waals surface area contributed by atoms with Crippen molar-refractivity contribution < 1.29 is 19.1 Å². The van der Waals surface area contributed by atoms with Crippen molar-refractivity contribution in [3.63, 3.8) is 0 Å². The average molecular weight is 475 g/mol. The summed E-state index contributed by atoms with van der Waals surface area (Å²) in [7, 11) is 1.36. The maximum Gasteiger partial charge on any atom is 0.328 e. The number of fused-ring (bicyclic) bond motifs is 1. The van der Waals surface area contributed by atoms with Gasteiger partial charge in [-0.25, -0.2) is 4.79 Å². The Morgan fingerprint density at radius 2 is 1.76 bits per heavy atom. The summed E-state index contributed by atoms with van der Waals surface area (Å²) >= 11 is 1.36. The molecule has 1 heterocycles. The zero-order chi connectivity index (χ0) is 24.1. The molecule has 0 spiro atoms. The van der Waals surface area contributed by atoms with Crippen molar-refractivity contribution in [3.8, 4) is 5.75 Å². The van der Waals surface area contributed by atoms with Gasteiger partial charge in [0.25, 0.3) is 5.91 Å². The van der Waals surface area contributed by atoms with Gasteiger partial charge in [0.05, 0.1) is 17.3 Å². The Morgan fingerprint density at radius 1 is 1.03 bits per heavy atom. The number of thiazole rings is 1. The molecule has 6 nitrogen and oxygen atoms in total. The Kier molecular flexibility index (Phi) is 7.23. The van der Waals surface area contributed by atoms with Crippen LogP contribution in [-0.2, 0) is 16.1 Å². The fourth-order valence-corrected chi connectivity index (χ4v) is 4.72. The van der Waals surface area contributed by atoms with Crippen LogP contribution >= 0.6 is 11.3 Å². The van der Waals surface area contributed by atoms with Gasteiger partial charge in [0.15, 0.2) is 4.80 Å². The van der Waals surface area contributed by atoms with Gasteiger partial charge in [-0.3, -0.25) is 4.79 Å². The molecule has 0 N–H and O–H groups in total. The van der Waals surface area contributed by atoms with Crippen molar-refractivity contribution in [1.82, 2.24) is 4.57 Å². The standard InChI is InChI=1S/C27H26N2O4S/c1-4-22(26(31)32-3)29-23-16-21(33-17-19-8-6-5-7-9-19)14-15-24(23)34-27(29)28-25(30)20-12-10-18(2)11-13-20/h5-16,22H,4,17H2,1-3H3. The van der Waals surface area contributed by atoms with Crippen LogP contribution in [-0.4, -0.2) is 23.6 Å². The third-order valence-corrected chi connectivity index (χ3v) is 6.55. The first kappa shape index (κ1) is 23.4. The Bertz CT molecular complexity index is 1370. The van der Waals surface area contributed by atoms with Crippen LogP contribution in [0.3, 0.4) is 0 Å². The molecule has 0 aliphatic carbocycles. The monoisotopic (exact) mass is 474 g/mol. The van der Waals surface area contributed by atoms with E-state index in [9.17, 15) is 9.59 Å². The zero-order valence-electron chi connectivity index (χ0n) is 19.4. The highest BCUT2D eigenvalue weighted by atomic mass is 32.1. The number of carbonyl (C=O) groups excluding carboxylic acids is 2. The molecule has 1 amide bonds. The minimum Gasteiger partial charge on any atom is -0.489 e. The molecule has 1 unspecified atom stereocenters. The van der Waals surface area contributed by atoms with Crippen LogP contribution in [0.2, 0.25) is 0 Å². The van der Waals surface area contributed by atoms with E-state index < -0.39 is 6.04 Å². The number of rotatable bonds is 7. The van der Waals surface area contributed by atoms with Crippen LogP contribution in [0.15, 0.2) is 77.8 Å². The summed E-state index contributed by atoms with van der Waals surface area (Å²) in [5.74, 6) is -0.0818. The fraction of sp³-hybridized carbons (Fsp3) is 0.222. The van der Waals surface area contributed by atoms with E-state index in [2.05, 4.69) is 4.99 Å². The molecule has 7 heteroatoms. The first-order valence-electron chi connectivity index (χ1n) is 11.1. The third kappa shape index (κ3) is 5.10. The summed E-state index contributed by atoms with van der Waals surface area (Å²) in [6, 6.07) is 22.2. The molecule has 174 valence electrons. The number of hydrogen-bond donors (Lipinski definition) is 0. The van der Waals surface area contributed by atoms with Gasteiger partial charge in [0.1, 0.15) is 18.4 Å². The second-order valence-corrected chi connectivity index (χ2v) is 8.90. The molecule has 4 rings (SSSR count). The molecule has 1 atom stereocenters. The normalized spacial score (nSPS) is 12.5. The Balaban J connectivity index is 1.79. The van der Waals surface area contributed by atoms with Gasteiger partial charge < -0.3 is 14.0 Å². The maximum absolute atomic E-state index is 12.9. The molecule has 0 aliphatic rings. The smallest absolute Gasteiger partial charge is 0.328 e. The van der Waals surface area contributed by atoms with Crippen molar-refractivity contribution in [3.05, 3.63) is 94.3 Å². The first-order valence-corrected chi connectivity index (χ1v) is 11.9. The number of ether oxygens (including phenoxy) is 2. The third-order valence-electron chi connectivity index (χ3n) is 5.51. The number of methoxy groups -OCH3 is 1. The van der Waals surface area contributed by atoms with Gasteiger partial charge in [0, 0.05) is 11.6 Å². The van der Waals surface area contributed by atoms with E-state index in [0.29, 0.717) is 29.1 Å². The molecule has 0 saturated carbocycles. The van der Waals surface area contributed by atoms with Crippen molar-refractivity contribution in [2.24, 2.45) is 4.99 Å². The maximum atomic E-state index is 12.9. The number of amides is 1. The number of aromatic nitrogens is 1. The van der Waals surface area contributed by atoms with E-state index in [-0.39, 0.29) is 11.9 Å². The molecule has 34 heavy (non-hydrogen) atoms. The summed E-state index contributed by atoms with van der Waals surface area (Å²) in [4.78, 5) is 30.4. The topological polar surface area (TPSA) is 69.9 Å². The van der Waals surface area contributed by atoms with Gasteiger partial charge in [0.2, 0.25) is 0 Å². The van der Waals surface area contributed by atoms with E-state index in [0.717, 1.165) is 21.3 Å². The lowest BCUT2D eigenvalue weighted by molar-refractivity contribution is -0.144. The van der Waals surface area contributed by atoms with E-state index >= 15 is 0 Å². The Labute approximate surface area is 202 Å². The van der Waals surface area contributed by atoms with Crippen LogP contribution in [0.4, 0.5) is 0 Å². The summed E-state index contributed by atoms with van der Waals surface area (Å²) in [5.41, 5.74) is 3.38. The van der Waals surface area contributed by atoms with Crippen molar-refractivity contribution in [2.75, 3.05) is 7.11 Å². The lowest BCUT2D eigenvalue weighted by Gasteiger charge is -2.16. The van der Waals surface area contributed by atoms with Gasteiger partial charge in [-0.2, -0.15) is 4.99 Å². The van der Waals surface area contributed by atoms with E-state index in [1.54, 1.807) is 16.7 Å². The van der Waals surface area contributed by atoms with Crippen molar-refractivity contribution in [2.45, 2.75) is 32.9 Å². The predicted molar refractivity (Wildman–Crippen MR) is 133 cm³/mol. The average Bonchev–Trinajstić information content (AvgIpc) is 3.21. The number of nitrogens with zero attached hydrogens (tertiary/aromatic N) is 2. The Hall–Kier alpha value is -3.71. The molecule has 0 aliphatic heterocycles. The van der Waals surface area contributed by atoms with E-state index in [4.69, 9.17) is 9.47 Å². The molecule has 0 radical (unpaired) electrons. The summed E-state index contributed by atoms with van der Waals surface area (Å²) in [5, 5.41) is 0. The quantitative estimate of drug-likeness (QED) is 0.334. The van der Waals surface area contributed by atoms with Crippen molar-refractivity contribution >= 4 is 33.4 Å². The summed E-state index contributed by atoms with van der Waals surface area (Å²) < 4.78 is 13.7. The molecular weight excluding hydrogens is 448 g/mol. The molecule has 0 fully saturated rings. The molecule has 3 aromatic carbocycles. The van der Waals surface area contributed by atoms with Crippen LogP contribution in [0, 0.1) is 6.92 Å². The van der Waals surface area contributed by atoms with Crippen LogP contribution in [0.1, 0.15) is 40.9 Å². The van der Waals surface area contributed by atoms with Gasteiger partial charge in [-0.1, -0.05) is 66.3 Å². The second kappa shape index (κ2) is 10.5. The fourth-order valence-electron chi connectivity index (χ4n) is 3.67. The molecule has 0 bridgehead atoms. The SMILES string of the molecule is CCC(C(=O)OC)n1c(=NC(=O)c2ccc(C)cc2)sc2ccc(OCc3ccccc3)cc21. The molecular formula is C27H26N2O4S. The highest BCUT2D eigenvalue weighted by Crippen LogP contribution is 2.28. The lowest BCUT2D eigenvalue weighted by atomic mass is 10.1.